The Labute approximate surface area is 145 Å². The summed E-state index contributed by atoms with van der Waals surface area (Å²) in [6.07, 6.45) is 2.84. The van der Waals surface area contributed by atoms with Crippen molar-refractivity contribution in [2.24, 2.45) is 20.0 Å². The number of nitrogens with zero attached hydrogens (tertiary/aromatic N) is 3. The fourth-order valence-corrected chi connectivity index (χ4v) is 4.21. The van der Waals surface area contributed by atoms with E-state index < -0.39 is 0 Å². The third-order valence-corrected chi connectivity index (χ3v) is 5.75. The van der Waals surface area contributed by atoms with Crippen LogP contribution in [0.1, 0.15) is 12.0 Å². The maximum atomic E-state index is 12.2. The first-order valence-corrected chi connectivity index (χ1v) is 9.19. The molecule has 1 aliphatic heterocycles. The lowest BCUT2D eigenvalue weighted by atomic mass is 10.2. The van der Waals surface area contributed by atoms with Crippen molar-refractivity contribution in [3.8, 4) is 0 Å². The molecule has 3 rings (SSSR count). The molecule has 0 bridgehead atoms. The van der Waals surface area contributed by atoms with E-state index in [0.29, 0.717) is 18.0 Å². The average Bonchev–Trinajstić information content (AvgIpc) is 3.04. The molecule has 0 radical (unpaired) electrons. The lowest BCUT2D eigenvalue weighted by Crippen LogP contribution is -2.39. The van der Waals surface area contributed by atoms with Crippen LogP contribution < -0.4 is 11.2 Å². The molecule has 0 N–H and O–H groups in total. The zero-order valence-corrected chi connectivity index (χ0v) is 15.0. The molecule has 0 aliphatic carbocycles. The number of thioether (sulfide) groups is 1. The molecular formula is C18H23N3O2S. The minimum Gasteiger partial charge on any atom is -0.303 e. The zero-order chi connectivity index (χ0) is 17.1. The molecule has 0 amide bonds. The Morgan fingerprint density at radius 3 is 2.67 bits per heavy atom. The molecule has 1 aromatic carbocycles. The quantitative estimate of drug-likeness (QED) is 0.774. The van der Waals surface area contributed by atoms with Gasteiger partial charge in [-0.15, -0.1) is 11.8 Å². The van der Waals surface area contributed by atoms with Gasteiger partial charge in [-0.25, -0.2) is 4.79 Å². The van der Waals surface area contributed by atoms with Gasteiger partial charge in [0.2, 0.25) is 0 Å². The SMILES string of the molecule is Cn1cc(CN2CC[C@@H](CSc3ccccc3)C2)c(=O)n(C)c1=O. The highest BCUT2D eigenvalue weighted by atomic mass is 32.2. The van der Waals surface area contributed by atoms with Crippen LogP contribution in [0.3, 0.4) is 0 Å². The maximum absolute atomic E-state index is 12.2. The number of benzene rings is 1. The Morgan fingerprint density at radius 1 is 1.17 bits per heavy atom. The fourth-order valence-electron chi connectivity index (χ4n) is 3.16. The summed E-state index contributed by atoms with van der Waals surface area (Å²) in [5.41, 5.74) is 0.235. The monoisotopic (exact) mass is 345 g/mol. The fraction of sp³-hybridized carbons (Fsp3) is 0.444. The predicted octanol–water partition coefficient (Wildman–Crippen LogP) is 1.70. The molecule has 0 spiro atoms. The highest BCUT2D eigenvalue weighted by molar-refractivity contribution is 7.99. The van der Waals surface area contributed by atoms with Crippen LogP contribution in [0.25, 0.3) is 0 Å². The molecular weight excluding hydrogens is 322 g/mol. The largest absolute Gasteiger partial charge is 0.330 e. The van der Waals surface area contributed by atoms with E-state index in [1.54, 1.807) is 13.2 Å². The van der Waals surface area contributed by atoms with Gasteiger partial charge < -0.3 is 4.57 Å². The van der Waals surface area contributed by atoms with E-state index in [4.69, 9.17) is 0 Å². The van der Waals surface area contributed by atoms with Crippen LogP contribution in [0.4, 0.5) is 0 Å². The van der Waals surface area contributed by atoms with Crippen molar-refractivity contribution in [3.63, 3.8) is 0 Å². The van der Waals surface area contributed by atoms with Crippen LogP contribution in [0.5, 0.6) is 0 Å². The Kier molecular flexibility index (Phi) is 5.26. The van der Waals surface area contributed by atoms with Crippen LogP contribution >= 0.6 is 11.8 Å². The van der Waals surface area contributed by atoms with Crippen molar-refractivity contribution in [2.45, 2.75) is 17.9 Å². The third-order valence-electron chi connectivity index (χ3n) is 4.51. The standard InChI is InChI=1S/C18H23N3O2S/c1-19-11-15(17(22)20(2)18(19)23)12-21-9-8-14(10-21)13-24-16-6-4-3-5-7-16/h3-7,11,14H,8-10,12-13H2,1-2H3/t14-/m1/s1. The van der Waals surface area contributed by atoms with Gasteiger partial charge in [-0.2, -0.15) is 0 Å². The smallest absolute Gasteiger partial charge is 0.303 e. The Hall–Kier alpha value is -1.79. The van der Waals surface area contributed by atoms with Gasteiger partial charge >= 0.3 is 5.69 Å². The van der Waals surface area contributed by atoms with E-state index in [2.05, 4.69) is 29.2 Å². The van der Waals surface area contributed by atoms with Crippen LogP contribution in [-0.4, -0.2) is 32.9 Å². The van der Waals surface area contributed by atoms with Crippen LogP contribution in [0, 0.1) is 5.92 Å². The molecule has 1 atom stereocenters. The highest BCUT2D eigenvalue weighted by Gasteiger charge is 2.23. The zero-order valence-electron chi connectivity index (χ0n) is 14.1. The van der Waals surface area contributed by atoms with E-state index in [9.17, 15) is 9.59 Å². The summed E-state index contributed by atoms with van der Waals surface area (Å²) < 4.78 is 2.67. The molecule has 1 aliphatic rings. The molecule has 2 heterocycles. The topological polar surface area (TPSA) is 47.2 Å². The van der Waals surface area contributed by atoms with Gasteiger partial charge in [0.1, 0.15) is 0 Å². The van der Waals surface area contributed by atoms with Crippen molar-refractivity contribution in [2.75, 3.05) is 18.8 Å². The molecule has 1 fully saturated rings. The van der Waals surface area contributed by atoms with Crippen molar-refractivity contribution in [1.82, 2.24) is 14.0 Å². The maximum Gasteiger partial charge on any atom is 0.330 e. The number of rotatable bonds is 5. The van der Waals surface area contributed by atoms with E-state index in [1.807, 2.05) is 17.8 Å². The number of hydrogen-bond acceptors (Lipinski definition) is 4. The van der Waals surface area contributed by atoms with Crippen LogP contribution in [-0.2, 0) is 20.6 Å². The second-order valence-corrected chi connectivity index (χ2v) is 7.52. The Bertz CT molecular complexity index is 813. The van der Waals surface area contributed by atoms with Crippen LogP contribution in [0.2, 0.25) is 0 Å². The van der Waals surface area contributed by atoms with E-state index in [-0.39, 0.29) is 11.2 Å². The predicted molar refractivity (Wildman–Crippen MR) is 97.5 cm³/mol. The molecule has 6 heteroatoms. The molecule has 1 saturated heterocycles. The van der Waals surface area contributed by atoms with Gasteiger partial charge in [-0.3, -0.25) is 14.3 Å². The van der Waals surface area contributed by atoms with E-state index in [0.717, 1.165) is 25.3 Å². The normalized spacial score (nSPS) is 18.2. The summed E-state index contributed by atoms with van der Waals surface area (Å²) in [5, 5.41) is 0. The van der Waals surface area contributed by atoms with Crippen molar-refractivity contribution in [3.05, 3.63) is 62.9 Å². The first-order valence-electron chi connectivity index (χ1n) is 8.20. The van der Waals surface area contributed by atoms with Crippen molar-refractivity contribution >= 4 is 11.8 Å². The second kappa shape index (κ2) is 7.40. The Morgan fingerprint density at radius 2 is 1.92 bits per heavy atom. The molecule has 128 valence electrons. The third kappa shape index (κ3) is 3.82. The van der Waals surface area contributed by atoms with Gasteiger partial charge in [0.05, 0.1) is 0 Å². The first kappa shape index (κ1) is 17.0. The van der Waals surface area contributed by atoms with Gasteiger partial charge in [0.25, 0.3) is 5.56 Å². The van der Waals surface area contributed by atoms with Gasteiger partial charge in [0, 0.05) is 49.6 Å². The molecule has 5 nitrogen and oxygen atoms in total. The summed E-state index contributed by atoms with van der Waals surface area (Å²) in [7, 11) is 3.23. The highest BCUT2D eigenvalue weighted by Crippen LogP contribution is 2.26. The van der Waals surface area contributed by atoms with E-state index >= 15 is 0 Å². The summed E-state index contributed by atoms with van der Waals surface area (Å²) in [4.78, 5) is 27.6. The van der Waals surface area contributed by atoms with Crippen molar-refractivity contribution in [1.29, 1.82) is 0 Å². The molecule has 1 aromatic heterocycles. The average molecular weight is 345 g/mol. The van der Waals surface area contributed by atoms with Gasteiger partial charge in [-0.05, 0) is 31.0 Å². The Balaban J connectivity index is 1.59. The number of hydrogen-bond donors (Lipinski definition) is 0. The van der Waals surface area contributed by atoms with E-state index in [1.165, 1.54) is 21.1 Å². The molecule has 24 heavy (non-hydrogen) atoms. The number of aromatic nitrogens is 2. The number of likely N-dealkylation sites (tertiary alicyclic amines) is 1. The molecule has 2 aromatic rings. The van der Waals surface area contributed by atoms with Crippen molar-refractivity contribution < 1.29 is 0 Å². The molecule has 0 saturated carbocycles. The molecule has 0 unspecified atom stereocenters. The minimum absolute atomic E-state index is 0.180. The lowest BCUT2D eigenvalue weighted by Gasteiger charge is -2.16. The minimum atomic E-state index is -0.276. The summed E-state index contributed by atoms with van der Waals surface area (Å²) in [6, 6.07) is 10.5. The van der Waals surface area contributed by atoms with Gasteiger partial charge in [-0.1, -0.05) is 18.2 Å². The van der Waals surface area contributed by atoms with Crippen LogP contribution in [0.15, 0.2) is 51.0 Å². The summed E-state index contributed by atoms with van der Waals surface area (Å²) in [6.45, 7) is 2.63. The van der Waals surface area contributed by atoms with Gasteiger partial charge in [0.15, 0.2) is 0 Å². The summed E-state index contributed by atoms with van der Waals surface area (Å²) >= 11 is 1.90. The number of aryl methyl sites for hydroxylation is 1. The first-order chi connectivity index (χ1) is 11.5. The lowest BCUT2D eigenvalue weighted by molar-refractivity contribution is 0.317. The summed E-state index contributed by atoms with van der Waals surface area (Å²) in [5.74, 6) is 1.75. The second-order valence-electron chi connectivity index (χ2n) is 6.43.